The van der Waals surface area contributed by atoms with Crippen LogP contribution in [0.5, 0.6) is 5.75 Å². The van der Waals surface area contributed by atoms with Crippen LogP contribution in [0.4, 0.5) is 0 Å². The van der Waals surface area contributed by atoms with Gasteiger partial charge in [0.1, 0.15) is 11.8 Å². The molecule has 0 aliphatic carbocycles. The Balaban J connectivity index is 2.05. The maximum atomic E-state index is 11.8. The largest absolute Gasteiger partial charge is 0.481 e. The Hall–Kier alpha value is -2.56. The first-order valence-corrected chi connectivity index (χ1v) is 6.66. The highest BCUT2D eigenvalue weighted by Crippen LogP contribution is 2.21. The van der Waals surface area contributed by atoms with Crippen molar-refractivity contribution in [3.63, 3.8) is 0 Å². The number of fused-ring (bicyclic) bond motifs is 1. The van der Waals surface area contributed by atoms with Crippen molar-refractivity contribution in [1.29, 1.82) is 0 Å². The van der Waals surface area contributed by atoms with Crippen LogP contribution in [0.25, 0.3) is 10.8 Å². The zero-order chi connectivity index (χ0) is 15.4. The summed E-state index contributed by atoms with van der Waals surface area (Å²) in [4.78, 5) is 22.5. The van der Waals surface area contributed by atoms with E-state index < -0.39 is 24.0 Å². The third kappa shape index (κ3) is 3.72. The van der Waals surface area contributed by atoms with Crippen LogP contribution in [0.2, 0.25) is 0 Å². The smallest absolute Gasteiger partial charge is 0.325 e. The lowest BCUT2D eigenvalue weighted by atomic mass is 10.1. The van der Waals surface area contributed by atoms with E-state index in [4.69, 9.17) is 9.84 Å². The van der Waals surface area contributed by atoms with Crippen molar-refractivity contribution in [3.05, 3.63) is 42.5 Å². The Labute approximate surface area is 122 Å². The fourth-order valence-electron chi connectivity index (χ4n) is 1.89. The molecule has 0 radical (unpaired) electrons. The van der Waals surface area contributed by atoms with Gasteiger partial charge in [-0.15, -0.1) is 0 Å². The van der Waals surface area contributed by atoms with Gasteiger partial charge in [0.2, 0.25) is 0 Å². The second kappa shape index (κ2) is 6.26. The number of carbonyl (C=O) groups is 2. The van der Waals surface area contributed by atoms with Crippen LogP contribution < -0.4 is 10.1 Å². The van der Waals surface area contributed by atoms with Crippen molar-refractivity contribution in [3.8, 4) is 5.75 Å². The van der Waals surface area contributed by atoms with E-state index >= 15 is 0 Å². The van der Waals surface area contributed by atoms with E-state index in [1.165, 1.54) is 6.92 Å². The second-order valence-corrected chi connectivity index (χ2v) is 4.84. The van der Waals surface area contributed by atoms with Crippen LogP contribution in [0.3, 0.4) is 0 Å². The molecule has 0 aliphatic rings. The summed E-state index contributed by atoms with van der Waals surface area (Å²) in [6, 6.07) is 12.4. The Morgan fingerprint density at radius 3 is 2.43 bits per heavy atom. The maximum Gasteiger partial charge on any atom is 0.325 e. The Morgan fingerprint density at radius 1 is 1.10 bits per heavy atom. The van der Waals surface area contributed by atoms with Crippen molar-refractivity contribution < 1.29 is 19.4 Å². The zero-order valence-electron chi connectivity index (χ0n) is 11.9. The minimum Gasteiger partial charge on any atom is -0.481 e. The minimum atomic E-state index is -1.08. The van der Waals surface area contributed by atoms with Gasteiger partial charge in [-0.2, -0.15) is 0 Å². The van der Waals surface area contributed by atoms with E-state index in [1.54, 1.807) is 13.0 Å². The molecule has 2 atom stereocenters. The fraction of sp³-hybridized carbons (Fsp3) is 0.250. The molecule has 5 nitrogen and oxygen atoms in total. The van der Waals surface area contributed by atoms with Gasteiger partial charge >= 0.3 is 5.97 Å². The average molecular weight is 287 g/mol. The number of carboxylic acids is 1. The van der Waals surface area contributed by atoms with Crippen molar-refractivity contribution >= 4 is 22.6 Å². The van der Waals surface area contributed by atoms with Gasteiger partial charge in [-0.05, 0) is 36.8 Å². The summed E-state index contributed by atoms with van der Waals surface area (Å²) in [5, 5.41) is 13.2. The van der Waals surface area contributed by atoms with Crippen LogP contribution in [-0.2, 0) is 9.59 Å². The van der Waals surface area contributed by atoms with Gasteiger partial charge in [0, 0.05) is 0 Å². The zero-order valence-corrected chi connectivity index (χ0v) is 11.9. The third-order valence-electron chi connectivity index (χ3n) is 3.13. The first kappa shape index (κ1) is 14.8. The maximum absolute atomic E-state index is 11.8. The minimum absolute atomic E-state index is 0.460. The van der Waals surface area contributed by atoms with Crippen LogP contribution >= 0.6 is 0 Å². The van der Waals surface area contributed by atoms with Gasteiger partial charge in [-0.25, -0.2) is 0 Å². The summed E-state index contributed by atoms with van der Waals surface area (Å²) in [6.45, 7) is 2.99. The molecule has 0 saturated carbocycles. The quantitative estimate of drug-likeness (QED) is 0.884. The number of hydrogen-bond acceptors (Lipinski definition) is 3. The summed E-state index contributed by atoms with van der Waals surface area (Å²) < 4.78 is 5.56. The number of carboxylic acid groups (broad SMARTS) is 1. The summed E-state index contributed by atoms with van der Waals surface area (Å²) in [6.07, 6.45) is -0.770. The molecule has 0 aliphatic heterocycles. The number of rotatable bonds is 5. The highest BCUT2D eigenvalue weighted by atomic mass is 16.5. The van der Waals surface area contributed by atoms with Gasteiger partial charge in [-0.3, -0.25) is 9.59 Å². The van der Waals surface area contributed by atoms with Crippen LogP contribution in [-0.4, -0.2) is 29.1 Å². The Morgan fingerprint density at radius 2 is 1.76 bits per heavy atom. The molecule has 0 heterocycles. The predicted molar refractivity (Wildman–Crippen MR) is 79.3 cm³/mol. The molecule has 0 saturated heterocycles. The first-order chi connectivity index (χ1) is 9.97. The van der Waals surface area contributed by atoms with Gasteiger partial charge in [0.15, 0.2) is 6.10 Å². The Kier molecular flexibility index (Phi) is 4.42. The molecule has 0 fully saturated rings. The molecule has 2 aromatic rings. The lowest BCUT2D eigenvalue weighted by Gasteiger charge is -2.16. The van der Waals surface area contributed by atoms with Gasteiger partial charge in [0.25, 0.3) is 5.91 Å². The molecule has 2 rings (SSSR count). The third-order valence-corrected chi connectivity index (χ3v) is 3.13. The number of hydrogen-bond donors (Lipinski definition) is 2. The lowest BCUT2D eigenvalue weighted by Crippen LogP contribution is -2.44. The second-order valence-electron chi connectivity index (χ2n) is 4.84. The predicted octanol–water partition coefficient (Wildman–Crippen LogP) is 2.20. The van der Waals surface area contributed by atoms with Crippen molar-refractivity contribution in [2.75, 3.05) is 0 Å². The van der Waals surface area contributed by atoms with Crippen LogP contribution in [0.1, 0.15) is 13.8 Å². The molecule has 1 amide bonds. The molecule has 21 heavy (non-hydrogen) atoms. The molecule has 0 aromatic heterocycles. The highest BCUT2D eigenvalue weighted by molar-refractivity contribution is 5.86. The SMILES string of the molecule is CC(NC(=O)C(C)Oc1ccc2ccccc2c1)C(=O)O. The van der Waals surface area contributed by atoms with Gasteiger partial charge in [0.05, 0.1) is 0 Å². The topological polar surface area (TPSA) is 75.6 Å². The van der Waals surface area contributed by atoms with E-state index in [2.05, 4.69) is 5.32 Å². The molecule has 0 spiro atoms. The molecular weight excluding hydrogens is 270 g/mol. The number of ether oxygens (including phenoxy) is 1. The Bertz CT molecular complexity index is 668. The number of carbonyl (C=O) groups excluding carboxylic acids is 1. The first-order valence-electron chi connectivity index (χ1n) is 6.66. The number of nitrogens with one attached hydrogen (secondary N) is 1. The molecule has 2 aromatic carbocycles. The number of amides is 1. The average Bonchev–Trinajstić information content (AvgIpc) is 2.46. The van der Waals surface area contributed by atoms with Crippen molar-refractivity contribution in [2.45, 2.75) is 26.0 Å². The van der Waals surface area contributed by atoms with E-state index in [9.17, 15) is 9.59 Å². The summed E-state index contributed by atoms with van der Waals surface area (Å²) in [7, 11) is 0. The highest BCUT2D eigenvalue weighted by Gasteiger charge is 2.20. The standard InChI is InChI=1S/C16H17NO4/c1-10(16(19)20)17-15(18)11(2)21-14-8-7-12-5-3-4-6-13(12)9-14/h3-11H,1-2H3,(H,17,18)(H,19,20). The number of benzene rings is 2. The van der Waals surface area contributed by atoms with Gasteiger partial charge in [-0.1, -0.05) is 30.3 Å². The van der Waals surface area contributed by atoms with E-state index in [0.29, 0.717) is 5.75 Å². The van der Waals surface area contributed by atoms with E-state index in [1.807, 2.05) is 36.4 Å². The van der Waals surface area contributed by atoms with E-state index in [-0.39, 0.29) is 0 Å². The van der Waals surface area contributed by atoms with Crippen molar-refractivity contribution in [1.82, 2.24) is 5.32 Å². The molecular formula is C16H17NO4. The summed E-state index contributed by atoms with van der Waals surface area (Å²) >= 11 is 0. The van der Waals surface area contributed by atoms with Gasteiger partial charge < -0.3 is 15.2 Å². The van der Waals surface area contributed by atoms with Crippen molar-refractivity contribution in [2.24, 2.45) is 0 Å². The molecule has 110 valence electrons. The molecule has 0 bridgehead atoms. The molecule has 2 unspecified atom stereocenters. The fourth-order valence-corrected chi connectivity index (χ4v) is 1.89. The van der Waals surface area contributed by atoms with Crippen LogP contribution in [0, 0.1) is 0 Å². The number of aliphatic carboxylic acids is 1. The molecule has 2 N–H and O–H groups in total. The normalized spacial score (nSPS) is 13.4. The van der Waals surface area contributed by atoms with Crippen LogP contribution in [0.15, 0.2) is 42.5 Å². The monoisotopic (exact) mass is 287 g/mol. The lowest BCUT2D eigenvalue weighted by molar-refractivity contribution is -0.142. The van der Waals surface area contributed by atoms with E-state index in [0.717, 1.165) is 10.8 Å². The summed E-state index contributed by atoms with van der Waals surface area (Å²) in [5.74, 6) is -0.973. The molecule has 5 heteroatoms. The summed E-state index contributed by atoms with van der Waals surface area (Å²) in [5.41, 5.74) is 0.